The largest absolute Gasteiger partial charge is 0.467 e. The van der Waals surface area contributed by atoms with Crippen molar-refractivity contribution in [1.82, 2.24) is 20.9 Å². The second-order valence-corrected chi connectivity index (χ2v) is 13.9. The van der Waals surface area contributed by atoms with Gasteiger partial charge in [0.25, 0.3) is 0 Å². The Balaban J connectivity index is 1.31. The maximum Gasteiger partial charge on any atom is 0.407 e. The van der Waals surface area contributed by atoms with Crippen LogP contribution in [-0.4, -0.2) is 79.1 Å². The lowest BCUT2D eigenvalue weighted by atomic mass is 9.98. The van der Waals surface area contributed by atoms with Gasteiger partial charge in [-0.15, -0.1) is 0 Å². The van der Waals surface area contributed by atoms with Gasteiger partial charge in [-0.25, -0.2) is 14.0 Å². The fourth-order valence-electron chi connectivity index (χ4n) is 6.99. The molecule has 1 heterocycles. The predicted molar refractivity (Wildman–Crippen MR) is 193 cm³/mol. The number of nitrogens with one attached hydrogen (secondary N) is 3. The molecule has 3 aromatic rings. The molecule has 11 nitrogen and oxygen atoms in total. The molecule has 3 aromatic carbocycles. The Labute approximate surface area is 303 Å². The molecule has 5 atom stereocenters. The zero-order chi connectivity index (χ0) is 37.5. The summed E-state index contributed by atoms with van der Waals surface area (Å²) in [6, 6.07) is 19.0. The molecule has 2 aliphatic rings. The zero-order valence-electron chi connectivity index (χ0n) is 30.1. The summed E-state index contributed by atoms with van der Waals surface area (Å²) in [6.45, 7) is 7.10. The van der Waals surface area contributed by atoms with Crippen LogP contribution in [0.25, 0.3) is 11.1 Å². The number of rotatable bonds is 13. The highest BCUT2D eigenvalue weighted by Crippen LogP contribution is 2.44. The quantitative estimate of drug-likeness (QED) is 0.211. The SMILES string of the molecule is COC(=O)[C@@H](NC(=O)[C@@H](NC(=O)[C@@H]1CCCN1C(=O)[C@H](NC(=O)OCC1c2ccccc2-c2ccccc21)[C@@H](F)c1ccccc1)C(C)C)C(C)C. The average molecular weight is 715 g/mol. The van der Waals surface area contributed by atoms with E-state index in [0.29, 0.717) is 6.42 Å². The number of alkyl halides is 1. The van der Waals surface area contributed by atoms with Gasteiger partial charge >= 0.3 is 12.1 Å². The first-order valence-corrected chi connectivity index (χ1v) is 17.7. The number of fused-ring (bicyclic) bond motifs is 3. The number of halogens is 1. The molecule has 5 rings (SSSR count). The van der Waals surface area contributed by atoms with Gasteiger partial charge in [0.15, 0.2) is 6.17 Å². The van der Waals surface area contributed by atoms with Crippen molar-refractivity contribution >= 4 is 29.8 Å². The number of hydrogen-bond acceptors (Lipinski definition) is 7. The van der Waals surface area contributed by atoms with Crippen LogP contribution in [0, 0.1) is 11.8 Å². The molecule has 0 aromatic heterocycles. The molecular weight excluding hydrogens is 667 g/mol. The number of hydrogen-bond donors (Lipinski definition) is 3. The third-order valence-corrected chi connectivity index (χ3v) is 9.80. The van der Waals surface area contributed by atoms with Gasteiger partial charge in [-0.2, -0.15) is 0 Å². The lowest BCUT2D eigenvalue weighted by Gasteiger charge is -2.32. The number of ether oxygens (including phenoxy) is 2. The Morgan fingerprint density at radius 3 is 1.92 bits per heavy atom. The zero-order valence-corrected chi connectivity index (χ0v) is 30.1. The predicted octanol–water partition coefficient (Wildman–Crippen LogP) is 5.05. The van der Waals surface area contributed by atoms with Crippen molar-refractivity contribution in [1.29, 1.82) is 0 Å². The van der Waals surface area contributed by atoms with E-state index in [0.717, 1.165) is 22.3 Å². The summed E-state index contributed by atoms with van der Waals surface area (Å²) in [7, 11) is 1.23. The van der Waals surface area contributed by atoms with Crippen LogP contribution >= 0.6 is 0 Å². The smallest absolute Gasteiger partial charge is 0.407 e. The number of nitrogens with zero attached hydrogens (tertiary/aromatic N) is 1. The minimum Gasteiger partial charge on any atom is -0.467 e. The highest BCUT2D eigenvalue weighted by atomic mass is 19.1. The fraction of sp³-hybridized carbons (Fsp3) is 0.425. The maximum absolute atomic E-state index is 16.3. The van der Waals surface area contributed by atoms with Crippen LogP contribution in [0.15, 0.2) is 78.9 Å². The number of likely N-dealkylation sites (tertiary alicyclic amines) is 1. The lowest BCUT2D eigenvalue weighted by Crippen LogP contribution is -2.59. The van der Waals surface area contributed by atoms with Crippen LogP contribution in [0.4, 0.5) is 9.18 Å². The van der Waals surface area contributed by atoms with E-state index in [1.807, 2.05) is 48.5 Å². The Morgan fingerprint density at radius 1 is 0.769 bits per heavy atom. The summed E-state index contributed by atoms with van der Waals surface area (Å²) in [5, 5.41) is 7.91. The average Bonchev–Trinajstić information content (AvgIpc) is 3.77. The van der Waals surface area contributed by atoms with Crippen LogP contribution in [0.2, 0.25) is 0 Å². The first-order valence-electron chi connectivity index (χ1n) is 17.7. The molecule has 1 fully saturated rings. The van der Waals surface area contributed by atoms with Crippen LogP contribution in [0.1, 0.15) is 69.3 Å². The van der Waals surface area contributed by atoms with Gasteiger partial charge in [-0.3, -0.25) is 14.4 Å². The van der Waals surface area contributed by atoms with Crippen molar-refractivity contribution in [2.24, 2.45) is 11.8 Å². The van der Waals surface area contributed by atoms with E-state index < -0.39 is 60.1 Å². The van der Waals surface area contributed by atoms with Crippen LogP contribution < -0.4 is 16.0 Å². The van der Waals surface area contributed by atoms with Crippen molar-refractivity contribution < 1.29 is 37.8 Å². The summed E-state index contributed by atoms with van der Waals surface area (Å²) in [5.41, 5.74) is 4.27. The second kappa shape index (κ2) is 16.8. The number of benzene rings is 3. The molecule has 12 heteroatoms. The molecule has 0 spiro atoms. The molecule has 1 aliphatic carbocycles. The molecule has 0 saturated carbocycles. The molecular formula is C40H47FN4O7. The van der Waals surface area contributed by atoms with Gasteiger partial charge in [0.05, 0.1) is 7.11 Å². The third kappa shape index (κ3) is 8.27. The number of alkyl carbamates (subject to hydrolysis) is 1. The molecule has 0 unspecified atom stereocenters. The summed E-state index contributed by atoms with van der Waals surface area (Å²) in [4.78, 5) is 68.2. The van der Waals surface area contributed by atoms with E-state index in [-0.39, 0.29) is 42.9 Å². The van der Waals surface area contributed by atoms with Crippen molar-refractivity contribution in [2.75, 3.05) is 20.3 Å². The first kappa shape index (κ1) is 38.0. The standard InChI is InChI=1S/C40H47FN4O7/c1-23(2)33(37(47)43-34(24(3)4)39(49)51-5)42-36(46)31-20-13-21-45(31)38(48)35(32(41)25-14-7-6-8-15-25)44-40(50)52-22-30-28-18-11-9-16-26(28)27-17-10-12-19-29(27)30/h6-12,14-19,23-24,30-35H,13,20-22H2,1-5H3,(H,42,46)(H,43,47)(H,44,50)/t31-,32-,33-,34-,35+/m0/s1. The summed E-state index contributed by atoms with van der Waals surface area (Å²) < 4.78 is 26.8. The number of carbonyl (C=O) groups is 5. The maximum atomic E-state index is 16.3. The molecule has 276 valence electrons. The minimum atomic E-state index is -1.96. The molecule has 1 aliphatic heterocycles. The summed E-state index contributed by atoms with van der Waals surface area (Å²) in [5.74, 6) is -3.49. The number of esters is 1. The van der Waals surface area contributed by atoms with Gasteiger partial charge in [0, 0.05) is 12.5 Å². The van der Waals surface area contributed by atoms with E-state index in [2.05, 4.69) is 16.0 Å². The normalized spacial score (nSPS) is 17.4. The lowest BCUT2D eigenvalue weighted by molar-refractivity contribution is -0.147. The summed E-state index contributed by atoms with van der Waals surface area (Å²) >= 11 is 0. The van der Waals surface area contributed by atoms with E-state index in [1.54, 1.807) is 45.9 Å². The van der Waals surface area contributed by atoms with Crippen LogP contribution in [0.3, 0.4) is 0 Å². The van der Waals surface area contributed by atoms with Gasteiger partial charge < -0.3 is 30.3 Å². The van der Waals surface area contributed by atoms with Crippen molar-refractivity contribution in [2.45, 2.75) is 76.8 Å². The molecule has 0 bridgehead atoms. The Morgan fingerprint density at radius 2 is 1.35 bits per heavy atom. The Kier molecular flexibility index (Phi) is 12.3. The first-order chi connectivity index (χ1) is 24.9. The minimum absolute atomic E-state index is 0.0376. The highest BCUT2D eigenvalue weighted by Gasteiger charge is 2.43. The van der Waals surface area contributed by atoms with Gasteiger partial charge in [-0.1, -0.05) is 107 Å². The van der Waals surface area contributed by atoms with Gasteiger partial charge in [0.2, 0.25) is 17.7 Å². The van der Waals surface area contributed by atoms with E-state index in [9.17, 15) is 24.0 Å². The molecule has 0 radical (unpaired) electrons. The van der Waals surface area contributed by atoms with Crippen molar-refractivity contribution in [3.63, 3.8) is 0 Å². The third-order valence-electron chi connectivity index (χ3n) is 9.80. The van der Waals surface area contributed by atoms with Gasteiger partial charge in [-0.05, 0) is 52.5 Å². The van der Waals surface area contributed by atoms with Crippen molar-refractivity contribution in [3.8, 4) is 11.1 Å². The van der Waals surface area contributed by atoms with Crippen LogP contribution in [-0.2, 0) is 28.7 Å². The van der Waals surface area contributed by atoms with E-state index >= 15 is 4.39 Å². The fourth-order valence-corrected chi connectivity index (χ4v) is 6.99. The topological polar surface area (TPSA) is 143 Å². The Hall–Kier alpha value is -5.26. The van der Waals surface area contributed by atoms with Crippen LogP contribution in [0.5, 0.6) is 0 Å². The monoisotopic (exact) mass is 714 g/mol. The molecule has 3 N–H and O–H groups in total. The Bertz CT molecular complexity index is 1720. The van der Waals surface area contributed by atoms with Crippen molar-refractivity contribution in [3.05, 3.63) is 95.6 Å². The second-order valence-electron chi connectivity index (χ2n) is 13.9. The summed E-state index contributed by atoms with van der Waals surface area (Å²) in [6.07, 6.45) is -2.22. The van der Waals surface area contributed by atoms with E-state index in [4.69, 9.17) is 9.47 Å². The number of amides is 4. The molecule has 1 saturated heterocycles. The van der Waals surface area contributed by atoms with Gasteiger partial charge in [0.1, 0.15) is 30.8 Å². The molecule has 4 amide bonds. The molecule has 52 heavy (non-hydrogen) atoms. The number of methoxy groups -OCH3 is 1. The van der Waals surface area contributed by atoms with E-state index in [1.165, 1.54) is 24.1 Å². The number of carbonyl (C=O) groups excluding carboxylic acids is 5. The highest BCUT2D eigenvalue weighted by molar-refractivity contribution is 5.95.